The van der Waals surface area contributed by atoms with E-state index in [1.165, 1.54) is 0 Å². The summed E-state index contributed by atoms with van der Waals surface area (Å²) in [5, 5.41) is 6.00. The van der Waals surface area contributed by atoms with Gasteiger partial charge in [-0.05, 0) is 37.1 Å². The van der Waals surface area contributed by atoms with E-state index in [4.69, 9.17) is 9.47 Å². The molecule has 0 aromatic heterocycles. The van der Waals surface area contributed by atoms with Crippen LogP contribution in [-0.2, 0) is 4.74 Å². The molecule has 0 bridgehead atoms. The molecule has 0 spiro atoms. The zero-order valence-electron chi connectivity index (χ0n) is 17.5. The molecule has 160 valence electrons. The number of ether oxygens (including phenoxy) is 2. The van der Waals surface area contributed by atoms with Gasteiger partial charge in [-0.1, -0.05) is 24.3 Å². The van der Waals surface area contributed by atoms with Gasteiger partial charge in [0.2, 0.25) is 0 Å². The van der Waals surface area contributed by atoms with Crippen LogP contribution in [0, 0.1) is 0 Å². The van der Waals surface area contributed by atoms with Crippen LogP contribution in [0.4, 0.5) is 5.69 Å². The summed E-state index contributed by atoms with van der Waals surface area (Å²) in [5.41, 5.74) is 2.12. The van der Waals surface area contributed by atoms with Crippen molar-refractivity contribution in [1.82, 2.24) is 10.6 Å². The quantitative estimate of drug-likeness (QED) is 0.653. The van der Waals surface area contributed by atoms with Crippen LogP contribution in [0.1, 0.15) is 33.6 Å². The summed E-state index contributed by atoms with van der Waals surface area (Å²) in [7, 11) is 3.17. The summed E-state index contributed by atoms with van der Waals surface area (Å²) in [5.74, 6) is 0.346. The number of nitrogens with one attached hydrogen (secondary N) is 2. The van der Waals surface area contributed by atoms with Gasteiger partial charge in [0.1, 0.15) is 5.75 Å². The fourth-order valence-corrected chi connectivity index (χ4v) is 3.66. The Labute approximate surface area is 177 Å². The zero-order chi connectivity index (χ0) is 21.3. The molecule has 0 unspecified atom stereocenters. The van der Waals surface area contributed by atoms with Crippen LogP contribution in [0.3, 0.4) is 0 Å². The van der Waals surface area contributed by atoms with Gasteiger partial charge in [0.05, 0.1) is 24.8 Å². The van der Waals surface area contributed by atoms with Crippen molar-refractivity contribution < 1.29 is 19.1 Å². The number of carbonyl (C=O) groups is 2. The van der Waals surface area contributed by atoms with E-state index in [1.807, 2.05) is 36.4 Å². The number of hydrogen-bond donors (Lipinski definition) is 2. The van der Waals surface area contributed by atoms with E-state index in [0.717, 1.165) is 31.6 Å². The van der Waals surface area contributed by atoms with Crippen molar-refractivity contribution >= 4 is 17.5 Å². The molecule has 1 saturated heterocycles. The van der Waals surface area contributed by atoms with Gasteiger partial charge >= 0.3 is 0 Å². The van der Waals surface area contributed by atoms with Crippen LogP contribution in [0.25, 0.3) is 0 Å². The predicted octanol–water partition coefficient (Wildman–Crippen LogP) is 2.47. The molecule has 0 atom stereocenters. The van der Waals surface area contributed by atoms with E-state index in [1.54, 1.807) is 26.4 Å². The predicted molar refractivity (Wildman–Crippen MR) is 116 cm³/mol. The second kappa shape index (κ2) is 10.6. The molecule has 30 heavy (non-hydrogen) atoms. The highest BCUT2D eigenvalue weighted by molar-refractivity contribution is 6.00. The first-order chi connectivity index (χ1) is 14.6. The lowest BCUT2D eigenvalue weighted by molar-refractivity contribution is 0.0925. The van der Waals surface area contributed by atoms with E-state index in [-0.39, 0.29) is 17.9 Å². The Morgan fingerprint density at radius 2 is 1.63 bits per heavy atom. The molecule has 1 fully saturated rings. The maximum absolute atomic E-state index is 12.6. The maximum atomic E-state index is 12.6. The number of rotatable bonds is 8. The molecule has 3 rings (SSSR count). The monoisotopic (exact) mass is 411 g/mol. The summed E-state index contributed by atoms with van der Waals surface area (Å²) in [6.07, 6.45) is 1.61. The molecule has 1 aliphatic heterocycles. The number of hydrogen-bond acceptors (Lipinski definition) is 5. The third kappa shape index (κ3) is 5.30. The third-order valence-electron chi connectivity index (χ3n) is 5.26. The Morgan fingerprint density at radius 3 is 2.33 bits per heavy atom. The largest absolute Gasteiger partial charge is 0.496 e. The average molecular weight is 412 g/mol. The van der Waals surface area contributed by atoms with Crippen molar-refractivity contribution in [3.8, 4) is 5.75 Å². The number of para-hydroxylation sites is 2. The Hall–Kier alpha value is -3.06. The second-order valence-corrected chi connectivity index (χ2v) is 7.20. The number of methoxy groups -OCH3 is 2. The summed E-state index contributed by atoms with van der Waals surface area (Å²) in [6, 6.07) is 14.9. The molecule has 0 radical (unpaired) electrons. The molecule has 2 aromatic rings. The molecule has 2 aromatic carbocycles. The number of carbonyl (C=O) groups excluding carboxylic acids is 2. The van der Waals surface area contributed by atoms with E-state index < -0.39 is 0 Å². The first kappa shape index (κ1) is 21.6. The minimum atomic E-state index is -0.121. The molecule has 0 saturated carbocycles. The van der Waals surface area contributed by atoms with Crippen molar-refractivity contribution in [2.75, 3.05) is 45.4 Å². The molecule has 1 aliphatic rings. The van der Waals surface area contributed by atoms with Gasteiger partial charge in [-0.2, -0.15) is 0 Å². The first-order valence-electron chi connectivity index (χ1n) is 10.2. The van der Waals surface area contributed by atoms with Gasteiger partial charge in [-0.15, -0.1) is 0 Å². The fourth-order valence-electron chi connectivity index (χ4n) is 3.66. The molecule has 7 heteroatoms. The average Bonchev–Trinajstić information content (AvgIpc) is 2.79. The summed E-state index contributed by atoms with van der Waals surface area (Å²) in [4.78, 5) is 27.4. The number of amides is 2. The van der Waals surface area contributed by atoms with Crippen LogP contribution in [0.2, 0.25) is 0 Å². The van der Waals surface area contributed by atoms with Crippen LogP contribution in [0.5, 0.6) is 5.75 Å². The molecule has 0 aliphatic carbocycles. The highest BCUT2D eigenvalue weighted by Crippen LogP contribution is 2.25. The van der Waals surface area contributed by atoms with Crippen molar-refractivity contribution in [3.05, 3.63) is 59.7 Å². The topological polar surface area (TPSA) is 79.9 Å². The Kier molecular flexibility index (Phi) is 7.68. The lowest BCUT2D eigenvalue weighted by atomic mass is 10.0. The Balaban J connectivity index is 1.59. The highest BCUT2D eigenvalue weighted by atomic mass is 16.5. The van der Waals surface area contributed by atoms with Crippen molar-refractivity contribution in [2.24, 2.45) is 0 Å². The Bertz CT molecular complexity index is 863. The van der Waals surface area contributed by atoms with Gasteiger partial charge < -0.3 is 25.0 Å². The number of nitrogens with zero attached hydrogens (tertiary/aromatic N) is 1. The first-order valence-corrected chi connectivity index (χ1v) is 10.2. The molecule has 2 N–H and O–H groups in total. The van der Waals surface area contributed by atoms with E-state index >= 15 is 0 Å². The SMILES string of the molecule is COCCNC(=O)c1ccccc1N1CCC(NC(=O)c2ccccc2OC)CC1. The normalized spacial score (nSPS) is 14.3. The fraction of sp³-hybridized carbons (Fsp3) is 0.391. The van der Waals surface area contributed by atoms with Gasteiger partial charge in [-0.3, -0.25) is 9.59 Å². The zero-order valence-corrected chi connectivity index (χ0v) is 17.5. The van der Waals surface area contributed by atoms with Gasteiger partial charge in [0.25, 0.3) is 11.8 Å². The maximum Gasteiger partial charge on any atom is 0.255 e. The van der Waals surface area contributed by atoms with Crippen LogP contribution >= 0.6 is 0 Å². The molecular formula is C23H29N3O4. The Morgan fingerprint density at radius 1 is 0.967 bits per heavy atom. The number of anilines is 1. The van der Waals surface area contributed by atoms with E-state index in [2.05, 4.69) is 15.5 Å². The lowest BCUT2D eigenvalue weighted by Crippen LogP contribution is -2.45. The van der Waals surface area contributed by atoms with E-state index in [9.17, 15) is 9.59 Å². The minimum absolute atomic E-state index is 0.0846. The van der Waals surface area contributed by atoms with Crippen molar-refractivity contribution in [1.29, 1.82) is 0 Å². The van der Waals surface area contributed by atoms with Gasteiger partial charge in [0.15, 0.2) is 0 Å². The second-order valence-electron chi connectivity index (χ2n) is 7.20. The number of piperidine rings is 1. The summed E-state index contributed by atoms with van der Waals surface area (Å²) in [6.45, 7) is 2.48. The summed E-state index contributed by atoms with van der Waals surface area (Å²) >= 11 is 0. The van der Waals surface area contributed by atoms with Crippen molar-refractivity contribution in [2.45, 2.75) is 18.9 Å². The molecule has 2 amide bonds. The lowest BCUT2D eigenvalue weighted by Gasteiger charge is -2.35. The van der Waals surface area contributed by atoms with E-state index in [0.29, 0.717) is 30.0 Å². The minimum Gasteiger partial charge on any atom is -0.496 e. The summed E-state index contributed by atoms with van der Waals surface area (Å²) < 4.78 is 10.3. The standard InChI is InChI=1S/C23H29N3O4/c1-29-16-13-24-22(27)18-7-3-5-9-20(18)26-14-11-17(12-15-26)25-23(28)19-8-4-6-10-21(19)30-2/h3-10,17H,11-16H2,1-2H3,(H,24,27)(H,25,28). The van der Waals surface area contributed by atoms with Crippen LogP contribution in [0.15, 0.2) is 48.5 Å². The van der Waals surface area contributed by atoms with Crippen molar-refractivity contribution in [3.63, 3.8) is 0 Å². The molecule has 7 nitrogen and oxygen atoms in total. The molecular weight excluding hydrogens is 382 g/mol. The highest BCUT2D eigenvalue weighted by Gasteiger charge is 2.24. The number of benzene rings is 2. The smallest absolute Gasteiger partial charge is 0.255 e. The van der Waals surface area contributed by atoms with Gasteiger partial charge in [0, 0.05) is 38.5 Å². The van der Waals surface area contributed by atoms with Gasteiger partial charge in [-0.25, -0.2) is 0 Å². The van der Waals surface area contributed by atoms with Crippen LogP contribution in [-0.4, -0.2) is 58.3 Å². The molecule has 1 heterocycles. The van der Waals surface area contributed by atoms with Crippen LogP contribution < -0.4 is 20.3 Å². The third-order valence-corrected chi connectivity index (χ3v) is 5.26.